The monoisotopic (exact) mass is 289 g/mol. The summed E-state index contributed by atoms with van der Waals surface area (Å²) in [6.07, 6.45) is 0. The molecule has 112 valence electrons. The lowest BCUT2D eigenvalue weighted by Crippen LogP contribution is -2.31. The van der Waals surface area contributed by atoms with Crippen LogP contribution in [-0.4, -0.2) is 41.1 Å². The Morgan fingerprint density at radius 3 is 2.48 bits per heavy atom. The van der Waals surface area contributed by atoms with Crippen molar-refractivity contribution in [3.63, 3.8) is 0 Å². The molecule has 0 saturated heterocycles. The van der Waals surface area contributed by atoms with Gasteiger partial charge >= 0.3 is 0 Å². The second-order valence-electron chi connectivity index (χ2n) is 5.07. The molecule has 6 heteroatoms. The minimum Gasteiger partial charge on any atom is -0.439 e. The zero-order valence-corrected chi connectivity index (χ0v) is 11.9. The van der Waals surface area contributed by atoms with Crippen molar-refractivity contribution in [3.8, 4) is 0 Å². The molecule has 21 heavy (non-hydrogen) atoms. The second kappa shape index (κ2) is 5.31. The molecule has 3 aromatic rings. The van der Waals surface area contributed by atoms with Gasteiger partial charge in [-0.15, -0.1) is 0 Å². The molecule has 0 spiro atoms. The Balaban J connectivity index is 2.20. The third-order valence-electron chi connectivity index (χ3n) is 3.74. The number of nitrogens with zero attached hydrogens (tertiary/aromatic N) is 2. The Kier molecular flexibility index (Phi) is 3.48. The van der Waals surface area contributed by atoms with Gasteiger partial charge in [0.25, 0.3) is 0 Å². The summed E-state index contributed by atoms with van der Waals surface area (Å²) in [6, 6.07) is 7.83. The van der Waals surface area contributed by atoms with Crippen molar-refractivity contribution in [2.24, 2.45) is 7.05 Å². The number of aliphatic hydroxyl groups excluding tert-OH is 2. The summed E-state index contributed by atoms with van der Waals surface area (Å²) < 4.78 is 7.62. The lowest BCUT2D eigenvalue weighted by atomic mass is 10.2. The van der Waals surface area contributed by atoms with E-state index in [2.05, 4.69) is 0 Å². The molecule has 6 nitrogen and oxygen atoms in total. The maximum Gasteiger partial charge on any atom is 0.191 e. The van der Waals surface area contributed by atoms with E-state index in [1.165, 1.54) is 0 Å². The molecule has 4 N–H and O–H groups in total. The highest BCUT2D eigenvalue weighted by Gasteiger charge is 2.16. The second-order valence-corrected chi connectivity index (χ2v) is 5.07. The molecule has 3 rings (SSSR count). The summed E-state index contributed by atoms with van der Waals surface area (Å²) in [6.45, 7) is 0.998. The maximum absolute atomic E-state index is 9.20. The van der Waals surface area contributed by atoms with Crippen molar-refractivity contribution in [1.82, 2.24) is 4.57 Å². The normalized spacial score (nSPS) is 11.6. The van der Waals surface area contributed by atoms with E-state index in [1.54, 1.807) is 6.07 Å². The summed E-state index contributed by atoms with van der Waals surface area (Å²) in [5.41, 5.74) is 7.46. The zero-order chi connectivity index (χ0) is 15.0. The van der Waals surface area contributed by atoms with Crippen LogP contribution in [0.2, 0.25) is 0 Å². The van der Waals surface area contributed by atoms with Crippen LogP contribution < -0.4 is 10.6 Å². The van der Waals surface area contributed by atoms with Gasteiger partial charge in [0.1, 0.15) is 5.82 Å². The highest BCUT2D eigenvalue weighted by Crippen LogP contribution is 2.33. The summed E-state index contributed by atoms with van der Waals surface area (Å²) in [4.78, 5) is 1.94. The van der Waals surface area contributed by atoms with Crippen LogP contribution in [0.25, 0.3) is 21.9 Å². The van der Waals surface area contributed by atoms with Crippen molar-refractivity contribution in [2.75, 3.05) is 36.9 Å². The molecule has 0 saturated carbocycles. The number of nitrogens with two attached hydrogens (primary N) is 1. The predicted octanol–water partition coefficient (Wildman–Crippen LogP) is 1.30. The van der Waals surface area contributed by atoms with Crippen LogP contribution in [-0.2, 0) is 7.05 Å². The van der Waals surface area contributed by atoms with E-state index in [1.807, 2.05) is 34.7 Å². The average molecular weight is 289 g/mol. The summed E-state index contributed by atoms with van der Waals surface area (Å²) in [5.74, 6) is 1.32. The van der Waals surface area contributed by atoms with Gasteiger partial charge in [-0.3, -0.25) is 0 Å². The van der Waals surface area contributed by atoms with Gasteiger partial charge in [0.05, 0.1) is 18.7 Å². The number of benzene rings is 1. The van der Waals surface area contributed by atoms with Crippen LogP contribution in [0.1, 0.15) is 0 Å². The first-order valence-corrected chi connectivity index (χ1v) is 6.90. The van der Waals surface area contributed by atoms with E-state index in [4.69, 9.17) is 10.2 Å². The van der Waals surface area contributed by atoms with Gasteiger partial charge in [-0.25, -0.2) is 0 Å². The van der Waals surface area contributed by atoms with Crippen LogP contribution in [0, 0.1) is 0 Å². The molecule has 0 aliphatic rings. The number of nitrogen functional groups attached to an aromatic ring is 1. The topological polar surface area (TPSA) is 87.8 Å². The Bertz CT molecular complexity index is 769. The van der Waals surface area contributed by atoms with Crippen molar-refractivity contribution < 1.29 is 14.6 Å². The zero-order valence-electron chi connectivity index (χ0n) is 11.9. The molecule has 0 aliphatic heterocycles. The number of aryl methyl sites for hydroxylation is 1. The summed E-state index contributed by atoms with van der Waals surface area (Å²) in [7, 11) is 1.94. The molecule has 0 atom stereocenters. The smallest absolute Gasteiger partial charge is 0.191 e. The van der Waals surface area contributed by atoms with Crippen LogP contribution in [0.3, 0.4) is 0 Å². The lowest BCUT2D eigenvalue weighted by Gasteiger charge is -2.23. The molecule has 0 amide bonds. The maximum atomic E-state index is 9.20. The summed E-state index contributed by atoms with van der Waals surface area (Å²) in [5, 5.41) is 20.4. The van der Waals surface area contributed by atoms with E-state index in [0.717, 1.165) is 27.7 Å². The molecule has 0 fully saturated rings. The Hall–Kier alpha value is -2.18. The van der Waals surface area contributed by atoms with Crippen molar-refractivity contribution in [1.29, 1.82) is 0 Å². The van der Waals surface area contributed by atoms with Crippen LogP contribution in [0.4, 0.5) is 11.7 Å². The molecule has 2 heterocycles. The third-order valence-corrected chi connectivity index (χ3v) is 3.74. The van der Waals surface area contributed by atoms with E-state index >= 15 is 0 Å². The van der Waals surface area contributed by atoms with Gasteiger partial charge in [0.15, 0.2) is 11.5 Å². The number of rotatable bonds is 5. The van der Waals surface area contributed by atoms with Gasteiger partial charge in [0, 0.05) is 37.0 Å². The number of anilines is 2. The Labute approximate surface area is 122 Å². The molecule has 0 aliphatic carbocycles. The number of aromatic nitrogens is 1. The fourth-order valence-corrected chi connectivity index (χ4v) is 2.82. The van der Waals surface area contributed by atoms with E-state index in [0.29, 0.717) is 19.0 Å². The first-order chi connectivity index (χ1) is 10.2. The van der Waals surface area contributed by atoms with Crippen LogP contribution >= 0.6 is 0 Å². The molecule has 0 bridgehead atoms. The third kappa shape index (κ3) is 2.22. The van der Waals surface area contributed by atoms with Crippen molar-refractivity contribution in [2.45, 2.75) is 0 Å². The largest absolute Gasteiger partial charge is 0.439 e. The standard InChI is InChI=1S/C15H19N3O3/c1-17-13(18(4-6-19)5-7-20)9-10-2-3-11-8-12(16)21-15(11)14(10)17/h2-3,8-9,19-20H,4-7,16H2,1H3. The van der Waals surface area contributed by atoms with Gasteiger partial charge in [-0.1, -0.05) is 12.1 Å². The van der Waals surface area contributed by atoms with E-state index in [-0.39, 0.29) is 13.2 Å². The highest BCUT2D eigenvalue weighted by molar-refractivity contribution is 6.05. The number of hydrogen-bond acceptors (Lipinski definition) is 5. The minimum atomic E-state index is 0.0324. The highest BCUT2D eigenvalue weighted by atomic mass is 16.3. The average Bonchev–Trinajstić information content (AvgIpc) is 2.98. The van der Waals surface area contributed by atoms with E-state index in [9.17, 15) is 10.2 Å². The molecular formula is C15H19N3O3. The van der Waals surface area contributed by atoms with Crippen molar-refractivity contribution >= 4 is 33.6 Å². The molecule has 2 aromatic heterocycles. The lowest BCUT2D eigenvalue weighted by molar-refractivity contribution is 0.280. The fourth-order valence-electron chi connectivity index (χ4n) is 2.82. The number of furan rings is 1. The number of aliphatic hydroxyl groups is 2. The molecule has 0 unspecified atom stereocenters. The van der Waals surface area contributed by atoms with Crippen molar-refractivity contribution in [3.05, 3.63) is 24.3 Å². The Morgan fingerprint density at radius 1 is 1.14 bits per heavy atom. The molecular weight excluding hydrogens is 270 g/mol. The quantitative estimate of drug-likeness (QED) is 0.659. The Morgan fingerprint density at radius 2 is 1.81 bits per heavy atom. The SMILES string of the molecule is Cn1c(N(CCO)CCO)cc2ccc3cc(N)oc3c21. The predicted molar refractivity (Wildman–Crippen MR) is 83.5 cm³/mol. The van der Waals surface area contributed by atoms with Crippen LogP contribution in [0.5, 0.6) is 0 Å². The van der Waals surface area contributed by atoms with Gasteiger partial charge in [0.2, 0.25) is 0 Å². The van der Waals surface area contributed by atoms with E-state index < -0.39 is 0 Å². The number of fused-ring (bicyclic) bond motifs is 3. The fraction of sp³-hybridized carbons (Fsp3) is 0.333. The molecule has 1 aromatic carbocycles. The minimum absolute atomic E-state index is 0.0324. The molecule has 0 radical (unpaired) electrons. The first-order valence-electron chi connectivity index (χ1n) is 6.90. The van der Waals surface area contributed by atoms with Crippen LogP contribution in [0.15, 0.2) is 28.7 Å². The van der Waals surface area contributed by atoms with Gasteiger partial charge in [-0.05, 0) is 6.07 Å². The number of hydrogen-bond donors (Lipinski definition) is 3. The van der Waals surface area contributed by atoms with Gasteiger partial charge < -0.3 is 29.8 Å². The first kappa shape index (κ1) is 13.8. The summed E-state index contributed by atoms with van der Waals surface area (Å²) >= 11 is 0. The van der Waals surface area contributed by atoms with Gasteiger partial charge in [-0.2, -0.15) is 0 Å².